The lowest BCUT2D eigenvalue weighted by Gasteiger charge is -2.15. The van der Waals surface area contributed by atoms with Crippen LogP contribution < -0.4 is 0 Å². The van der Waals surface area contributed by atoms with Crippen LogP contribution in [0.4, 0.5) is 0 Å². The minimum absolute atomic E-state index is 0.110. The average Bonchev–Trinajstić information content (AvgIpc) is 3.04. The van der Waals surface area contributed by atoms with Gasteiger partial charge in [-0.2, -0.15) is 0 Å². The van der Waals surface area contributed by atoms with Crippen LogP contribution in [0.3, 0.4) is 0 Å². The summed E-state index contributed by atoms with van der Waals surface area (Å²) in [6.07, 6.45) is 0.883. The maximum atomic E-state index is 11.9. The van der Waals surface area contributed by atoms with E-state index in [1.807, 2.05) is 31.2 Å². The molecule has 0 saturated heterocycles. The molecule has 3 heteroatoms. The molecule has 0 aromatic heterocycles. The van der Waals surface area contributed by atoms with Crippen LogP contribution in [0.25, 0.3) is 0 Å². The zero-order chi connectivity index (χ0) is 11.8. The molecule has 1 saturated carbocycles. The fourth-order valence-corrected chi connectivity index (χ4v) is 3.05. The van der Waals surface area contributed by atoms with Crippen LogP contribution in [0, 0.1) is 12.8 Å². The van der Waals surface area contributed by atoms with Crippen LogP contribution >= 0.6 is 15.9 Å². The van der Waals surface area contributed by atoms with E-state index in [2.05, 4.69) is 15.9 Å². The van der Waals surface area contributed by atoms with Gasteiger partial charge in [0, 0.05) is 5.33 Å². The number of hydrogen-bond donors (Lipinski definition) is 0. The summed E-state index contributed by atoms with van der Waals surface area (Å²) in [7, 11) is 1.46. The van der Waals surface area contributed by atoms with Crippen LogP contribution in [0.2, 0.25) is 0 Å². The standard InChI is InChI=1S/C13H15BrO2/c1-9-3-5-10(6-4-9)13(12(15)16-2)7-11(13)8-14/h3-6,11H,7-8H2,1-2H3/t11-,13+/m0/s1. The second kappa shape index (κ2) is 4.21. The maximum absolute atomic E-state index is 11.9. The summed E-state index contributed by atoms with van der Waals surface area (Å²) >= 11 is 3.45. The van der Waals surface area contributed by atoms with E-state index in [1.54, 1.807) is 0 Å². The first-order chi connectivity index (χ1) is 7.65. The van der Waals surface area contributed by atoms with Crippen molar-refractivity contribution < 1.29 is 9.53 Å². The normalized spacial score (nSPS) is 27.6. The Morgan fingerprint density at radius 1 is 1.50 bits per heavy atom. The predicted molar refractivity (Wildman–Crippen MR) is 66.8 cm³/mol. The molecule has 1 aliphatic carbocycles. The number of carbonyl (C=O) groups is 1. The minimum atomic E-state index is -0.397. The Labute approximate surface area is 104 Å². The smallest absolute Gasteiger partial charge is 0.316 e. The van der Waals surface area contributed by atoms with Crippen molar-refractivity contribution in [1.82, 2.24) is 0 Å². The molecule has 16 heavy (non-hydrogen) atoms. The highest BCUT2D eigenvalue weighted by molar-refractivity contribution is 9.09. The predicted octanol–water partition coefficient (Wildman–Crippen LogP) is 2.82. The van der Waals surface area contributed by atoms with Crippen LogP contribution in [-0.2, 0) is 14.9 Å². The van der Waals surface area contributed by atoms with E-state index in [1.165, 1.54) is 12.7 Å². The topological polar surface area (TPSA) is 26.3 Å². The second-order valence-electron chi connectivity index (χ2n) is 4.38. The molecular weight excluding hydrogens is 268 g/mol. The van der Waals surface area contributed by atoms with Gasteiger partial charge in [0.1, 0.15) is 0 Å². The fourth-order valence-electron chi connectivity index (χ4n) is 2.27. The van der Waals surface area contributed by atoms with Crippen molar-refractivity contribution in [2.45, 2.75) is 18.8 Å². The Kier molecular flexibility index (Phi) is 3.06. The summed E-state index contributed by atoms with van der Waals surface area (Å²) < 4.78 is 4.93. The number of rotatable bonds is 3. The van der Waals surface area contributed by atoms with E-state index in [4.69, 9.17) is 4.74 Å². The zero-order valence-electron chi connectivity index (χ0n) is 9.50. The van der Waals surface area contributed by atoms with E-state index in [0.29, 0.717) is 5.92 Å². The fraction of sp³-hybridized carbons (Fsp3) is 0.462. The molecule has 1 aromatic rings. The molecular formula is C13H15BrO2. The summed E-state index contributed by atoms with van der Waals surface area (Å²) in [5, 5.41) is 0.843. The van der Waals surface area contributed by atoms with E-state index in [0.717, 1.165) is 17.3 Å². The molecule has 1 fully saturated rings. The third-order valence-corrected chi connectivity index (χ3v) is 4.19. The van der Waals surface area contributed by atoms with Gasteiger partial charge in [-0.25, -0.2) is 0 Å². The van der Waals surface area contributed by atoms with Crippen LogP contribution in [-0.4, -0.2) is 18.4 Å². The molecule has 1 aromatic carbocycles. The van der Waals surface area contributed by atoms with Gasteiger partial charge < -0.3 is 4.74 Å². The Hall–Kier alpha value is -0.830. The van der Waals surface area contributed by atoms with Gasteiger partial charge in [-0.3, -0.25) is 4.79 Å². The average molecular weight is 283 g/mol. The number of methoxy groups -OCH3 is 1. The zero-order valence-corrected chi connectivity index (χ0v) is 11.1. The third kappa shape index (κ3) is 1.67. The van der Waals surface area contributed by atoms with Crippen molar-refractivity contribution in [2.75, 3.05) is 12.4 Å². The largest absolute Gasteiger partial charge is 0.468 e. The second-order valence-corrected chi connectivity index (χ2v) is 5.03. The SMILES string of the molecule is COC(=O)[C@@]1(c2ccc(C)cc2)C[C@H]1CBr. The van der Waals surface area contributed by atoms with Gasteiger partial charge in [-0.1, -0.05) is 45.8 Å². The Bertz CT molecular complexity index is 399. The van der Waals surface area contributed by atoms with Crippen molar-refractivity contribution >= 4 is 21.9 Å². The van der Waals surface area contributed by atoms with Crippen LogP contribution in [0.1, 0.15) is 17.5 Å². The van der Waals surface area contributed by atoms with Gasteiger partial charge in [0.15, 0.2) is 0 Å². The van der Waals surface area contributed by atoms with E-state index >= 15 is 0 Å². The Morgan fingerprint density at radius 3 is 2.56 bits per heavy atom. The monoisotopic (exact) mass is 282 g/mol. The van der Waals surface area contributed by atoms with E-state index in [-0.39, 0.29) is 5.97 Å². The van der Waals surface area contributed by atoms with Crippen LogP contribution in [0.5, 0.6) is 0 Å². The minimum Gasteiger partial charge on any atom is -0.468 e. The van der Waals surface area contributed by atoms with Gasteiger partial charge >= 0.3 is 5.97 Å². The number of ether oxygens (including phenoxy) is 1. The highest BCUT2D eigenvalue weighted by Gasteiger charge is 2.61. The summed E-state index contributed by atoms with van der Waals surface area (Å²) in [4.78, 5) is 11.9. The van der Waals surface area contributed by atoms with E-state index in [9.17, 15) is 4.79 Å². The highest BCUT2D eigenvalue weighted by Crippen LogP contribution is 2.55. The molecule has 86 valence electrons. The van der Waals surface area contributed by atoms with Gasteiger partial charge in [-0.05, 0) is 24.8 Å². The maximum Gasteiger partial charge on any atom is 0.316 e. The van der Waals surface area contributed by atoms with Crippen molar-refractivity contribution in [3.63, 3.8) is 0 Å². The van der Waals surface area contributed by atoms with Gasteiger partial charge in [-0.15, -0.1) is 0 Å². The molecule has 2 nitrogen and oxygen atoms in total. The molecule has 0 amide bonds. The molecule has 0 radical (unpaired) electrons. The lowest BCUT2D eigenvalue weighted by Crippen LogP contribution is -2.25. The van der Waals surface area contributed by atoms with Crippen molar-refractivity contribution in [1.29, 1.82) is 0 Å². The van der Waals surface area contributed by atoms with Crippen molar-refractivity contribution in [3.05, 3.63) is 35.4 Å². The van der Waals surface area contributed by atoms with Crippen molar-refractivity contribution in [3.8, 4) is 0 Å². The summed E-state index contributed by atoms with van der Waals surface area (Å²) in [6.45, 7) is 2.05. The first-order valence-corrected chi connectivity index (χ1v) is 6.49. The summed E-state index contributed by atoms with van der Waals surface area (Å²) in [5.41, 5.74) is 1.89. The highest BCUT2D eigenvalue weighted by atomic mass is 79.9. The number of alkyl halides is 1. The number of carbonyl (C=O) groups excluding carboxylic acids is 1. The lowest BCUT2D eigenvalue weighted by atomic mass is 9.93. The lowest BCUT2D eigenvalue weighted by molar-refractivity contribution is -0.144. The molecule has 2 rings (SSSR count). The number of hydrogen-bond acceptors (Lipinski definition) is 2. The van der Waals surface area contributed by atoms with Gasteiger partial charge in [0.05, 0.1) is 12.5 Å². The molecule has 0 spiro atoms. The van der Waals surface area contributed by atoms with Crippen molar-refractivity contribution in [2.24, 2.45) is 5.92 Å². The molecule has 0 heterocycles. The molecule has 0 unspecified atom stereocenters. The summed E-state index contributed by atoms with van der Waals surface area (Å²) in [6, 6.07) is 8.16. The first-order valence-electron chi connectivity index (χ1n) is 5.36. The van der Waals surface area contributed by atoms with E-state index < -0.39 is 5.41 Å². The molecule has 0 N–H and O–H groups in total. The first kappa shape index (κ1) is 11.6. The molecule has 0 bridgehead atoms. The summed E-state index contributed by atoms with van der Waals surface area (Å²) in [5.74, 6) is 0.253. The quantitative estimate of drug-likeness (QED) is 0.630. The third-order valence-electron chi connectivity index (χ3n) is 3.41. The number of halogens is 1. The number of aryl methyl sites for hydroxylation is 1. The van der Waals surface area contributed by atoms with Gasteiger partial charge in [0.2, 0.25) is 0 Å². The Balaban J connectivity index is 2.35. The van der Waals surface area contributed by atoms with Crippen LogP contribution in [0.15, 0.2) is 24.3 Å². The molecule has 0 aliphatic heterocycles. The Morgan fingerprint density at radius 2 is 2.12 bits per heavy atom. The number of esters is 1. The van der Waals surface area contributed by atoms with Gasteiger partial charge in [0.25, 0.3) is 0 Å². The molecule has 2 atom stereocenters. The molecule has 1 aliphatic rings. The number of benzene rings is 1.